The van der Waals surface area contributed by atoms with Crippen molar-refractivity contribution in [2.45, 2.75) is 39.2 Å². The zero-order chi connectivity index (χ0) is 8.97. The first-order valence-corrected chi connectivity index (χ1v) is 5.09. The molecular weight excluding hydrogens is 150 g/mol. The van der Waals surface area contributed by atoms with Crippen molar-refractivity contribution >= 4 is 0 Å². The van der Waals surface area contributed by atoms with E-state index in [-0.39, 0.29) is 0 Å². The van der Waals surface area contributed by atoms with Gasteiger partial charge < -0.3 is 10.5 Å². The number of ether oxygens (including phenoxy) is 1. The molecule has 0 aromatic heterocycles. The Kier molecular flexibility index (Phi) is 4.02. The maximum absolute atomic E-state index is 6.05. The van der Waals surface area contributed by atoms with Crippen molar-refractivity contribution in [1.29, 1.82) is 0 Å². The molecule has 1 heterocycles. The van der Waals surface area contributed by atoms with Crippen molar-refractivity contribution < 1.29 is 4.74 Å². The topological polar surface area (TPSA) is 35.2 Å². The van der Waals surface area contributed by atoms with Crippen molar-refractivity contribution in [2.24, 2.45) is 17.6 Å². The monoisotopic (exact) mass is 171 g/mol. The molecule has 0 aromatic carbocycles. The second-order valence-corrected chi connectivity index (χ2v) is 3.94. The first-order chi connectivity index (χ1) is 5.75. The largest absolute Gasteiger partial charge is 0.381 e. The van der Waals surface area contributed by atoms with E-state index in [0.29, 0.717) is 17.9 Å². The zero-order valence-corrected chi connectivity index (χ0v) is 8.25. The molecule has 1 aliphatic rings. The second kappa shape index (κ2) is 4.83. The van der Waals surface area contributed by atoms with Crippen LogP contribution in [0.25, 0.3) is 0 Å². The highest BCUT2D eigenvalue weighted by molar-refractivity contribution is 4.78. The minimum absolute atomic E-state index is 0.377. The molecule has 2 heteroatoms. The lowest BCUT2D eigenvalue weighted by Gasteiger charge is -2.24. The van der Waals surface area contributed by atoms with E-state index < -0.39 is 0 Å². The predicted molar refractivity (Wildman–Crippen MR) is 51.0 cm³/mol. The van der Waals surface area contributed by atoms with E-state index in [1.807, 2.05) is 0 Å². The second-order valence-electron chi connectivity index (χ2n) is 3.94. The predicted octanol–water partition coefficient (Wildman–Crippen LogP) is 1.79. The number of hydrogen-bond donors (Lipinski definition) is 1. The van der Waals surface area contributed by atoms with Crippen LogP contribution in [-0.4, -0.2) is 19.3 Å². The fourth-order valence-corrected chi connectivity index (χ4v) is 1.91. The summed E-state index contributed by atoms with van der Waals surface area (Å²) in [6.45, 7) is 6.32. The number of nitrogens with two attached hydrogens (primary N) is 1. The third kappa shape index (κ3) is 2.46. The van der Waals surface area contributed by atoms with Gasteiger partial charge in [0.15, 0.2) is 0 Å². The number of rotatable bonds is 4. The van der Waals surface area contributed by atoms with Gasteiger partial charge in [-0.1, -0.05) is 20.3 Å². The Hall–Kier alpha value is -0.0800. The third-order valence-corrected chi connectivity index (χ3v) is 3.01. The lowest BCUT2D eigenvalue weighted by Crippen LogP contribution is -2.33. The van der Waals surface area contributed by atoms with Crippen LogP contribution in [0.3, 0.4) is 0 Å². The fraction of sp³-hybridized carbons (Fsp3) is 1.00. The lowest BCUT2D eigenvalue weighted by atomic mass is 9.85. The van der Waals surface area contributed by atoms with Gasteiger partial charge in [0.05, 0.1) is 0 Å². The molecule has 0 spiro atoms. The van der Waals surface area contributed by atoms with Gasteiger partial charge in [-0.25, -0.2) is 0 Å². The molecular formula is C10H21NO. The smallest absolute Gasteiger partial charge is 0.0498 e. The molecule has 0 aromatic rings. The summed E-state index contributed by atoms with van der Waals surface area (Å²) < 4.78 is 5.35. The average Bonchev–Trinajstić information content (AvgIpc) is 2.55. The highest BCUT2D eigenvalue weighted by Gasteiger charge is 2.25. The van der Waals surface area contributed by atoms with Crippen LogP contribution in [0.5, 0.6) is 0 Å². The van der Waals surface area contributed by atoms with Gasteiger partial charge in [0.2, 0.25) is 0 Å². The summed E-state index contributed by atoms with van der Waals surface area (Å²) in [7, 11) is 0. The van der Waals surface area contributed by atoms with Crippen molar-refractivity contribution in [3.63, 3.8) is 0 Å². The van der Waals surface area contributed by atoms with Crippen LogP contribution >= 0.6 is 0 Å². The molecule has 1 saturated heterocycles. The SMILES string of the molecule is CCCC(N)C(C)C1CCOC1. The summed E-state index contributed by atoms with van der Waals surface area (Å²) in [6.07, 6.45) is 3.55. The molecule has 0 aliphatic carbocycles. The first-order valence-electron chi connectivity index (χ1n) is 5.09. The van der Waals surface area contributed by atoms with E-state index in [0.717, 1.165) is 19.6 Å². The fourth-order valence-electron chi connectivity index (χ4n) is 1.91. The van der Waals surface area contributed by atoms with E-state index >= 15 is 0 Å². The standard InChI is InChI=1S/C10H21NO/c1-3-4-10(11)8(2)9-5-6-12-7-9/h8-10H,3-7,11H2,1-2H3. The summed E-state index contributed by atoms with van der Waals surface area (Å²) in [5, 5.41) is 0. The summed E-state index contributed by atoms with van der Waals surface area (Å²) >= 11 is 0. The van der Waals surface area contributed by atoms with Gasteiger partial charge in [0.25, 0.3) is 0 Å². The Morgan fingerprint density at radius 3 is 2.83 bits per heavy atom. The van der Waals surface area contributed by atoms with Crippen LogP contribution < -0.4 is 5.73 Å². The zero-order valence-electron chi connectivity index (χ0n) is 8.25. The molecule has 0 saturated carbocycles. The van der Waals surface area contributed by atoms with E-state index in [1.54, 1.807) is 0 Å². The van der Waals surface area contributed by atoms with Crippen LogP contribution in [0.1, 0.15) is 33.1 Å². The van der Waals surface area contributed by atoms with E-state index in [2.05, 4.69) is 13.8 Å². The maximum atomic E-state index is 6.05. The van der Waals surface area contributed by atoms with Crippen LogP contribution in [0.4, 0.5) is 0 Å². The molecule has 2 nitrogen and oxygen atoms in total. The normalized spacial score (nSPS) is 28.8. The van der Waals surface area contributed by atoms with Gasteiger partial charge >= 0.3 is 0 Å². The molecule has 1 aliphatic heterocycles. The quantitative estimate of drug-likeness (QED) is 0.700. The average molecular weight is 171 g/mol. The highest BCUT2D eigenvalue weighted by atomic mass is 16.5. The maximum Gasteiger partial charge on any atom is 0.0498 e. The Balaban J connectivity index is 2.29. The third-order valence-electron chi connectivity index (χ3n) is 3.01. The Morgan fingerprint density at radius 2 is 2.33 bits per heavy atom. The van der Waals surface area contributed by atoms with Crippen molar-refractivity contribution in [2.75, 3.05) is 13.2 Å². The minimum Gasteiger partial charge on any atom is -0.381 e. The van der Waals surface area contributed by atoms with Crippen LogP contribution in [0.2, 0.25) is 0 Å². The van der Waals surface area contributed by atoms with Gasteiger partial charge in [-0.3, -0.25) is 0 Å². The van der Waals surface area contributed by atoms with Crippen molar-refractivity contribution in [3.05, 3.63) is 0 Å². The van der Waals surface area contributed by atoms with Crippen LogP contribution in [0.15, 0.2) is 0 Å². The minimum atomic E-state index is 0.377. The summed E-state index contributed by atoms with van der Waals surface area (Å²) in [5.74, 6) is 1.35. The molecule has 72 valence electrons. The summed E-state index contributed by atoms with van der Waals surface area (Å²) in [5.41, 5.74) is 6.05. The van der Waals surface area contributed by atoms with E-state index in [9.17, 15) is 0 Å². The van der Waals surface area contributed by atoms with Gasteiger partial charge in [0.1, 0.15) is 0 Å². The van der Waals surface area contributed by atoms with Gasteiger partial charge in [-0.05, 0) is 24.7 Å². The van der Waals surface area contributed by atoms with Gasteiger partial charge in [0, 0.05) is 19.3 Å². The Bertz CT molecular complexity index is 121. The number of hydrogen-bond acceptors (Lipinski definition) is 2. The molecule has 0 amide bonds. The summed E-state index contributed by atoms with van der Waals surface area (Å²) in [6, 6.07) is 0.377. The molecule has 0 bridgehead atoms. The molecule has 3 unspecified atom stereocenters. The van der Waals surface area contributed by atoms with Crippen LogP contribution in [0, 0.1) is 11.8 Å². The van der Waals surface area contributed by atoms with E-state index in [4.69, 9.17) is 10.5 Å². The molecule has 0 radical (unpaired) electrons. The lowest BCUT2D eigenvalue weighted by molar-refractivity contribution is 0.168. The molecule has 1 rings (SSSR count). The van der Waals surface area contributed by atoms with Gasteiger partial charge in [-0.2, -0.15) is 0 Å². The molecule has 2 N–H and O–H groups in total. The Morgan fingerprint density at radius 1 is 1.58 bits per heavy atom. The highest BCUT2D eigenvalue weighted by Crippen LogP contribution is 2.25. The van der Waals surface area contributed by atoms with Crippen LogP contribution in [-0.2, 0) is 4.74 Å². The van der Waals surface area contributed by atoms with Gasteiger partial charge in [-0.15, -0.1) is 0 Å². The summed E-state index contributed by atoms with van der Waals surface area (Å²) in [4.78, 5) is 0. The van der Waals surface area contributed by atoms with Crippen molar-refractivity contribution in [3.8, 4) is 0 Å². The molecule has 1 fully saturated rings. The van der Waals surface area contributed by atoms with Crippen molar-refractivity contribution in [1.82, 2.24) is 0 Å². The Labute approximate surface area is 75.5 Å². The molecule has 3 atom stereocenters. The van der Waals surface area contributed by atoms with E-state index in [1.165, 1.54) is 12.8 Å². The first kappa shape index (κ1) is 10.0. The molecule has 12 heavy (non-hydrogen) atoms.